The molecule has 2 N–H and O–H groups in total. The highest BCUT2D eigenvalue weighted by Crippen LogP contribution is 2.15. The topological polar surface area (TPSA) is 72.0 Å². The molecule has 0 aliphatic heterocycles. The molecule has 0 bridgehead atoms. The Morgan fingerprint density at radius 3 is 2.35 bits per heavy atom. The minimum absolute atomic E-state index is 0.337. The summed E-state index contributed by atoms with van der Waals surface area (Å²) in [6, 6.07) is 0.741. The van der Waals surface area contributed by atoms with Gasteiger partial charge in [-0.1, -0.05) is 33.1 Å². The molecule has 0 aliphatic rings. The predicted molar refractivity (Wildman–Crippen MR) is 82.4 cm³/mol. The molecule has 114 valence electrons. The molecule has 1 heterocycles. The van der Waals surface area contributed by atoms with Crippen LogP contribution in [-0.2, 0) is 0 Å². The lowest BCUT2D eigenvalue weighted by molar-refractivity contribution is 0.379. The summed E-state index contributed by atoms with van der Waals surface area (Å²) in [4.78, 5) is 12.8. The van der Waals surface area contributed by atoms with Gasteiger partial charge in [0.2, 0.25) is 11.9 Å². The molecular weight excluding hydrogens is 254 g/mol. The van der Waals surface area contributed by atoms with Crippen LogP contribution in [0, 0.1) is 0 Å². The van der Waals surface area contributed by atoms with E-state index in [-0.39, 0.29) is 0 Å². The standard InChI is InChI=1S/C14H27N5O/c1-5-8-10-11(9-6-2)16-13-17-12(15-7-3)18-14(19-13)20-4/h11H,5-10H2,1-4H3,(H2,15,16,17,18,19). The zero-order chi connectivity index (χ0) is 14.8. The fourth-order valence-corrected chi connectivity index (χ4v) is 2.02. The maximum Gasteiger partial charge on any atom is 0.322 e. The van der Waals surface area contributed by atoms with Crippen molar-refractivity contribution in [3.63, 3.8) is 0 Å². The lowest BCUT2D eigenvalue weighted by Gasteiger charge is -2.18. The smallest absolute Gasteiger partial charge is 0.322 e. The second-order valence-corrected chi connectivity index (χ2v) is 4.77. The first-order valence-corrected chi connectivity index (χ1v) is 7.53. The molecule has 0 amide bonds. The third kappa shape index (κ3) is 5.59. The lowest BCUT2D eigenvalue weighted by Crippen LogP contribution is -2.21. The van der Waals surface area contributed by atoms with Crippen molar-refractivity contribution in [3.05, 3.63) is 0 Å². The Kier molecular flexibility index (Phi) is 7.69. The van der Waals surface area contributed by atoms with Crippen molar-refractivity contribution >= 4 is 11.9 Å². The summed E-state index contributed by atoms with van der Waals surface area (Å²) in [5, 5.41) is 6.49. The molecule has 1 rings (SSSR count). The summed E-state index contributed by atoms with van der Waals surface area (Å²) in [5.74, 6) is 1.13. The van der Waals surface area contributed by atoms with Crippen molar-refractivity contribution in [2.45, 2.75) is 58.9 Å². The Morgan fingerprint density at radius 2 is 1.75 bits per heavy atom. The van der Waals surface area contributed by atoms with Crippen molar-refractivity contribution in [2.75, 3.05) is 24.3 Å². The first kappa shape index (κ1) is 16.5. The second kappa shape index (κ2) is 9.34. The number of methoxy groups -OCH3 is 1. The van der Waals surface area contributed by atoms with Crippen LogP contribution in [0.2, 0.25) is 0 Å². The molecular formula is C14H27N5O. The van der Waals surface area contributed by atoms with E-state index in [9.17, 15) is 0 Å². The fraction of sp³-hybridized carbons (Fsp3) is 0.786. The zero-order valence-electron chi connectivity index (χ0n) is 13.1. The van der Waals surface area contributed by atoms with Crippen LogP contribution in [0.25, 0.3) is 0 Å². The number of aromatic nitrogens is 3. The normalized spacial score (nSPS) is 12.0. The zero-order valence-corrected chi connectivity index (χ0v) is 13.1. The SMILES string of the molecule is CCCCC(CCC)Nc1nc(NCC)nc(OC)n1. The van der Waals surface area contributed by atoms with Crippen molar-refractivity contribution < 1.29 is 4.74 Å². The van der Waals surface area contributed by atoms with Gasteiger partial charge in [-0.3, -0.25) is 0 Å². The summed E-state index contributed by atoms with van der Waals surface area (Å²) >= 11 is 0. The maximum absolute atomic E-state index is 5.12. The first-order valence-electron chi connectivity index (χ1n) is 7.53. The van der Waals surface area contributed by atoms with E-state index in [0.717, 1.165) is 25.8 Å². The van der Waals surface area contributed by atoms with E-state index in [1.54, 1.807) is 7.11 Å². The molecule has 1 aromatic rings. The molecule has 20 heavy (non-hydrogen) atoms. The van der Waals surface area contributed by atoms with Gasteiger partial charge in [0.05, 0.1) is 7.11 Å². The van der Waals surface area contributed by atoms with E-state index >= 15 is 0 Å². The van der Waals surface area contributed by atoms with Gasteiger partial charge in [-0.2, -0.15) is 15.0 Å². The number of nitrogens with one attached hydrogen (secondary N) is 2. The summed E-state index contributed by atoms with van der Waals surface area (Å²) < 4.78 is 5.12. The molecule has 1 unspecified atom stereocenters. The van der Waals surface area contributed by atoms with Crippen LogP contribution in [0.5, 0.6) is 6.01 Å². The van der Waals surface area contributed by atoms with E-state index in [1.165, 1.54) is 12.8 Å². The van der Waals surface area contributed by atoms with Crippen LogP contribution < -0.4 is 15.4 Å². The highest BCUT2D eigenvalue weighted by molar-refractivity contribution is 5.36. The summed E-state index contributed by atoms with van der Waals surface area (Å²) in [7, 11) is 1.56. The van der Waals surface area contributed by atoms with Crippen LogP contribution in [0.4, 0.5) is 11.9 Å². The molecule has 6 heteroatoms. The monoisotopic (exact) mass is 281 g/mol. The van der Waals surface area contributed by atoms with E-state index in [0.29, 0.717) is 23.9 Å². The minimum atomic E-state index is 0.337. The molecule has 0 saturated heterocycles. The summed E-state index contributed by atoms with van der Waals surface area (Å²) in [6.07, 6.45) is 5.80. The molecule has 0 spiro atoms. The largest absolute Gasteiger partial charge is 0.467 e. The van der Waals surface area contributed by atoms with Crippen LogP contribution in [-0.4, -0.2) is 34.6 Å². The number of nitrogens with zero attached hydrogens (tertiary/aromatic N) is 3. The van der Waals surface area contributed by atoms with Crippen LogP contribution >= 0.6 is 0 Å². The molecule has 0 fully saturated rings. The van der Waals surface area contributed by atoms with Gasteiger partial charge in [0.1, 0.15) is 0 Å². The quantitative estimate of drug-likeness (QED) is 0.686. The van der Waals surface area contributed by atoms with Crippen LogP contribution in [0.1, 0.15) is 52.9 Å². The van der Waals surface area contributed by atoms with Crippen LogP contribution in [0.15, 0.2) is 0 Å². The van der Waals surface area contributed by atoms with Gasteiger partial charge in [-0.15, -0.1) is 0 Å². The maximum atomic E-state index is 5.12. The number of hydrogen-bond donors (Lipinski definition) is 2. The highest BCUT2D eigenvalue weighted by atomic mass is 16.5. The van der Waals surface area contributed by atoms with E-state index in [1.807, 2.05) is 6.92 Å². The first-order chi connectivity index (χ1) is 9.73. The van der Waals surface area contributed by atoms with Crippen molar-refractivity contribution in [1.82, 2.24) is 15.0 Å². The molecule has 6 nitrogen and oxygen atoms in total. The Labute approximate surface area is 121 Å². The van der Waals surface area contributed by atoms with Crippen molar-refractivity contribution in [3.8, 4) is 6.01 Å². The average molecular weight is 281 g/mol. The molecule has 0 saturated carbocycles. The number of unbranched alkanes of at least 4 members (excludes halogenated alkanes) is 1. The summed E-state index contributed by atoms with van der Waals surface area (Å²) in [5.41, 5.74) is 0. The Morgan fingerprint density at radius 1 is 1.00 bits per heavy atom. The van der Waals surface area contributed by atoms with Crippen molar-refractivity contribution in [2.24, 2.45) is 0 Å². The highest BCUT2D eigenvalue weighted by Gasteiger charge is 2.11. The van der Waals surface area contributed by atoms with Gasteiger partial charge in [0.15, 0.2) is 0 Å². The Bertz CT molecular complexity index is 386. The minimum Gasteiger partial charge on any atom is -0.467 e. The third-order valence-corrected chi connectivity index (χ3v) is 3.01. The van der Waals surface area contributed by atoms with Gasteiger partial charge in [-0.25, -0.2) is 0 Å². The van der Waals surface area contributed by atoms with E-state index in [4.69, 9.17) is 4.74 Å². The Hall–Kier alpha value is -1.59. The molecule has 0 aliphatic carbocycles. The van der Waals surface area contributed by atoms with E-state index in [2.05, 4.69) is 39.4 Å². The molecule has 0 radical (unpaired) electrons. The lowest BCUT2D eigenvalue weighted by atomic mass is 10.1. The average Bonchev–Trinajstić information content (AvgIpc) is 2.45. The number of rotatable bonds is 10. The number of anilines is 2. The second-order valence-electron chi connectivity index (χ2n) is 4.77. The van der Waals surface area contributed by atoms with Gasteiger partial charge in [0.25, 0.3) is 0 Å². The van der Waals surface area contributed by atoms with Gasteiger partial charge in [-0.05, 0) is 19.8 Å². The third-order valence-electron chi connectivity index (χ3n) is 3.01. The number of ether oxygens (including phenoxy) is 1. The van der Waals surface area contributed by atoms with Gasteiger partial charge < -0.3 is 15.4 Å². The molecule has 0 aromatic carbocycles. The summed E-state index contributed by atoms with van der Waals surface area (Å²) in [6.45, 7) is 7.17. The molecule has 1 aromatic heterocycles. The van der Waals surface area contributed by atoms with Crippen LogP contribution in [0.3, 0.4) is 0 Å². The van der Waals surface area contributed by atoms with Gasteiger partial charge in [0, 0.05) is 12.6 Å². The molecule has 1 atom stereocenters. The Balaban J connectivity index is 2.78. The van der Waals surface area contributed by atoms with E-state index < -0.39 is 0 Å². The fourth-order valence-electron chi connectivity index (χ4n) is 2.02. The predicted octanol–water partition coefficient (Wildman–Crippen LogP) is 3.08. The van der Waals surface area contributed by atoms with Crippen molar-refractivity contribution in [1.29, 1.82) is 0 Å². The van der Waals surface area contributed by atoms with Gasteiger partial charge >= 0.3 is 6.01 Å². The number of hydrogen-bond acceptors (Lipinski definition) is 6.